The maximum absolute atomic E-state index is 12.0. The highest BCUT2D eigenvalue weighted by Crippen LogP contribution is 2.24. The highest BCUT2D eigenvalue weighted by Gasteiger charge is 2.10. The quantitative estimate of drug-likeness (QED) is 0.437. The van der Waals surface area contributed by atoms with Gasteiger partial charge in [-0.2, -0.15) is 0 Å². The first-order valence-corrected chi connectivity index (χ1v) is 8.72. The number of nitrogens with two attached hydrogens (primary N) is 1. The number of hydrogen-bond acceptors (Lipinski definition) is 2. The summed E-state index contributed by atoms with van der Waals surface area (Å²) in [6.45, 7) is 0.817. The summed E-state index contributed by atoms with van der Waals surface area (Å²) in [5.74, 6) is 0.190. The Morgan fingerprint density at radius 3 is 2.68 bits per heavy atom. The minimum atomic E-state index is -0.156. The Bertz CT molecular complexity index is 787. The van der Waals surface area contributed by atoms with Crippen molar-refractivity contribution < 1.29 is 4.79 Å². The number of hydrogen-bond donors (Lipinski definition) is 3. The second kappa shape index (κ2) is 8.03. The number of halogens is 1. The topological polar surface area (TPSA) is 79.5 Å². The lowest BCUT2D eigenvalue weighted by atomic mass is 10.1. The van der Waals surface area contributed by atoms with Gasteiger partial charge in [0.05, 0.1) is 6.54 Å². The summed E-state index contributed by atoms with van der Waals surface area (Å²) in [5.41, 5.74) is 10.2. The molecule has 1 aliphatic carbocycles. The first kappa shape index (κ1) is 17.3. The van der Waals surface area contributed by atoms with Crippen LogP contribution in [0.5, 0.6) is 0 Å². The Morgan fingerprint density at radius 1 is 1.12 bits per heavy atom. The number of rotatable bonds is 5. The number of nitrogens with one attached hydrogen (secondary N) is 2. The third kappa shape index (κ3) is 4.73. The van der Waals surface area contributed by atoms with Crippen LogP contribution in [0, 0.1) is 0 Å². The van der Waals surface area contributed by atoms with Crippen molar-refractivity contribution in [1.29, 1.82) is 0 Å². The number of amides is 1. The summed E-state index contributed by atoms with van der Waals surface area (Å²) in [5, 5.41) is 6.50. The predicted octanol–water partition coefficient (Wildman–Crippen LogP) is 2.99. The number of benzene rings is 2. The lowest BCUT2D eigenvalue weighted by Crippen LogP contribution is -2.28. The Balaban J connectivity index is 1.45. The van der Waals surface area contributed by atoms with E-state index in [2.05, 4.69) is 27.8 Å². The van der Waals surface area contributed by atoms with Gasteiger partial charge in [0, 0.05) is 22.8 Å². The molecule has 0 aliphatic heterocycles. The van der Waals surface area contributed by atoms with Gasteiger partial charge >= 0.3 is 0 Å². The van der Waals surface area contributed by atoms with Crippen molar-refractivity contribution in [3.63, 3.8) is 0 Å². The SMILES string of the molecule is NC(=NCCNC(=O)c1ccc(Cl)cc1)Nc1ccc2c(c1)CCC2. The van der Waals surface area contributed by atoms with Crippen LogP contribution in [0.2, 0.25) is 5.02 Å². The monoisotopic (exact) mass is 356 g/mol. The lowest BCUT2D eigenvalue weighted by molar-refractivity contribution is 0.0955. The fraction of sp³-hybridized carbons (Fsp3) is 0.263. The van der Waals surface area contributed by atoms with Gasteiger partial charge in [-0.15, -0.1) is 0 Å². The van der Waals surface area contributed by atoms with Gasteiger partial charge in [0.25, 0.3) is 5.91 Å². The minimum Gasteiger partial charge on any atom is -0.370 e. The number of carbonyl (C=O) groups is 1. The fourth-order valence-electron chi connectivity index (χ4n) is 2.89. The van der Waals surface area contributed by atoms with Gasteiger partial charge in [0.1, 0.15) is 0 Å². The fourth-order valence-corrected chi connectivity index (χ4v) is 3.01. The number of carbonyl (C=O) groups excluding carboxylic acids is 1. The zero-order valence-corrected chi connectivity index (χ0v) is 14.6. The van der Waals surface area contributed by atoms with Gasteiger partial charge < -0.3 is 16.4 Å². The molecule has 0 unspecified atom stereocenters. The molecule has 4 N–H and O–H groups in total. The zero-order chi connectivity index (χ0) is 17.6. The minimum absolute atomic E-state index is 0.156. The van der Waals surface area contributed by atoms with Crippen molar-refractivity contribution in [2.24, 2.45) is 10.7 Å². The molecule has 0 radical (unpaired) electrons. The molecule has 0 bridgehead atoms. The molecule has 0 atom stereocenters. The second-order valence-electron chi connectivity index (χ2n) is 5.99. The van der Waals surface area contributed by atoms with Crippen LogP contribution in [0.25, 0.3) is 0 Å². The molecule has 0 fully saturated rings. The molecule has 3 rings (SSSR count). The summed E-state index contributed by atoms with van der Waals surface area (Å²) >= 11 is 5.81. The molecule has 0 saturated heterocycles. The average molecular weight is 357 g/mol. The van der Waals surface area contributed by atoms with E-state index in [1.807, 2.05) is 6.07 Å². The number of guanidine groups is 1. The van der Waals surface area contributed by atoms with E-state index in [4.69, 9.17) is 17.3 Å². The molecule has 0 heterocycles. The van der Waals surface area contributed by atoms with Crippen LogP contribution in [0.15, 0.2) is 47.5 Å². The molecule has 130 valence electrons. The molecule has 2 aromatic rings. The standard InChI is InChI=1S/C19H21ClN4O/c20-16-7-4-14(5-8-16)18(25)22-10-11-23-19(21)24-17-9-6-13-2-1-3-15(13)12-17/h4-9,12H,1-3,10-11H2,(H,22,25)(H3,21,23,24). The normalized spacial score (nSPS) is 13.4. The first-order valence-electron chi connectivity index (χ1n) is 8.34. The van der Waals surface area contributed by atoms with E-state index in [9.17, 15) is 4.79 Å². The molecule has 0 aromatic heterocycles. The number of aliphatic imine (C=N–C) groups is 1. The number of nitrogens with zero attached hydrogens (tertiary/aromatic N) is 1. The van der Waals surface area contributed by atoms with Crippen LogP contribution >= 0.6 is 11.6 Å². The third-order valence-electron chi connectivity index (χ3n) is 4.16. The third-order valence-corrected chi connectivity index (χ3v) is 4.41. The second-order valence-corrected chi connectivity index (χ2v) is 6.43. The highest BCUT2D eigenvalue weighted by molar-refractivity contribution is 6.30. The molecule has 0 saturated carbocycles. The van der Waals surface area contributed by atoms with Gasteiger partial charge in [0.15, 0.2) is 5.96 Å². The molecule has 1 aliphatic rings. The highest BCUT2D eigenvalue weighted by atomic mass is 35.5. The summed E-state index contributed by atoms with van der Waals surface area (Å²) < 4.78 is 0. The van der Waals surface area contributed by atoms with Crippen molar-refractivity contribution in [2.75, 3.05) is 18.4 Å². The summed E-state index contributed by atoms with van der Waals surface area (Å²) in [6, 6.07) is 13.0. The van der Waals surface area contributed by atoms with Gasteiger partial charge in [-0.05, 0) is 66.8 Å². The molecular weight excluding hydrogens is 336 g/mol. The van der Waals surface area contributed by atoms with Crippen LogP contribution in [-0.4, -0.2) is 25.0 Å². The van der Waals surface area contributed by atoms with E-state index in [1.165, 1.54) is 17.5 Å². The molecule has 2 aromatic carbocycles. The molecule has 25 heavy (non-hydrogen) atoms. The van der Waals surface area contributed by atoms with Gasteiger partial charge in [-0.3, -0.25) is 9.79 Å². The van der Waals surface area contributed by atoms with Crippen molar-refractivity contribution in [3.8, 4) is 0 Å². The summed E-state index contributed by atoms with van der Waals surface area (Å²) in [7, 11) is 0. The van der Waals surface area contributed by atoms with Crippen molar-refractivity contribution in [2.45, 2.75) is 19.3 Å². The lowest BCUT2D eigenvalue weighted by Gasteiger charge is -2.08. The largest absolute Gasteiger partial charge is 0.370 e. The zero-order valence-electron chi connectivity index (χ0n) is 13.9. The molecule has 1 amide bonds. The van der Waals surface area contributed by atoms with E-state index in [1.54, 1.807) is 24.3 Å². The Kier molecular flexibility index (Phi) is 5.56. The van der Waals surface area contributed by atoms with Crippen LogP contribution in [0.4, 0.5) is 5.69 Å². The van der Waals surface area contributed by atoms with Crippen LogP contribution in [0.1, 0.15) is 27.9 Å². The van der Waals surface area contributed by atoms with E-state index in [0.717, 1.165) is 18.5 Å². The summed E-state index contributed by atoms with van der Waals surface area (Å²) in [6.07, 6.45) is 3.50. The number of aryl methyl sites for hydroxylation is 2. The van der Waals surface area contributed by atoms with Crippen LogP contribution in [-0.2, 0) is 12.8 Å². The molecule has 5 nitrogen and oxygen atoms in total. The van der Waals surface area contributed by atoms with Gasteiger partial charge in [-0.1, -0.05) is 17.7 Å². The van der Waals surface area contributed by atoms with Gasteiger partial charge in [0.2, 0.25) is 0 Å². The van der Waals surface area contributed by atoms with Crippen molar-refractivity contribution in [1.82, 2.24) is 5.32 Å². The van der Waals surface area contributed by atoms with Crippen LogP contribution in [0.3, 0.4) is 0 Å². The molecule has 6 heteroatoms. The first-order chi connectivity index (χ1) is 12.1. The Hall–Kier alpha value is -2.53. The Morgan fingerprint density at radius 2 is 1.88 bits per heavy atom. The Labute approximate surface area is 152 Å². The van der Waals surface area contributed by atoms with Gasteiger partial charge in [-0.25, -0.2) is 0 Å². The number of anilines is 1. The van der Waals surface area contributed by atoms with E-state index >= 15 is 0 Å². The van der Waals surface area contributed by atoms with Crippen LogP contribution < -0.4 is 16.4 Å². The molecule has 0 spiro atoms. The van der Waals surface area contributed by atoms with E-state index in [-0.39, 0.29) is 5.91 Å². The van der Waals surface area contributed by atoms with Crippen molar-refractivity contribution >= 4 is 29.2 Å². The molecular formula is C19H21ClN4O. The number of fused-ring (bicyclic) bond motifs is 1. The van der Waals surface area contributed by atoms with E-state index < -0.39 is 0 Å². The van der Waals surface area contributed by atoms with Crippen molar-refractivity contribution in [3.05, 3.63) is 64.2 Å². The maximum atomic E-state index is 12.0. The maximum Gasteiger partial charge on any atom is 0.251 e. The predicted molar refractivity (Wildman–Crippen MR) is 102 cm³/mol. The van der Waals surface area contributed by atoms with E-state index in [0.29, 0.717) is 29.6 Å². The smallest absolute Gasteiger partial charge is 0.251 e. The summed E-state index contributed by atoms with van der Waals surface area (Å²) in [4.78, 5) is 16.2. The average Bonchev–Trinajstić information content (AvgIpc) is 3.07.